The molecule has 4 heterocycles. The molecule has 0 radical (unpaired) electrons. The lowest BCUT2D eigenvalue weighted by Crippen LogP contribution is -2.43. The SMILES string of the molecule is Cn1cnc2ccc(Nc3ncnc4[nH]c(C5=CCN(C(O)OC(C)(C)C)CC5)cc34)cc21. The smallest absolute Gasteiger partial charge is 0.216 e. The molecule has 172 valence electrons. The van der Waals surface area contributed by atoms with E-state index in [1.807, 2.05) is 55.7 Å². The van der Waals surface area contributed by atoms with Crippen molar-refractivity contribution in [3.8, 4) is 0 Å². The van der Waals surface area contributed by atoms with Crippen molar-refractivity contribution in [3.63, 3.8) is 0 Å². The molecular weight excluding hydrogens is 418 g/mol. The number of hydrogen-bond acceptors (Lipinski definition) is 7. The van der Waals surface area contributed by atoms with E-state index in [0.717, 1.165) is 45.7 Å². The summed E-state index contributed by atoms with van der Waals surface area (Å²) in [6, 6.07) is 8.14. The molecular formula is C24H29N7O2. The second kappa shape index (κ2) is 8.26. The number of hydrogen-bond donors (Lipinski definition) is 3. The topological polar surface area (TPSA) is 104 Å². The van der Waals surface area contributed by atoms with Gasteiger partial charge in [-0.15, -0.1) is 0 Å². The quantitative estimate of drug-likeness (QED) is 0.400. The van der Waals surface area contributed by atoms with E-state index in [1.165, 1.54) is 5.57 Å². The number of fused-ring (bicyclic) bond motifs is 2. The Hall–Kier alpha value is -3.27. The minimum atomic E-state index is -0.913. The number of benzene rings is 1. The highest BCUT2D eigenvalue weighted by molar-refractivity contribution is 5.93. The number of ether oxygens (including phenoxy) is 1. The molecule has 4 aromatic rings. The van der Waals surface area contributed by atoms with Crippen LogP contribution in [0.1, 0.15) is 32.9 Å². The van der Waals surface area contributed by atoms with Gasteiger partial charge in [-0.2, -0.15) is 0 Å². The fourth-order valence-electron chi connectivity index (χ4n) is 4.07. The van der Waals surface area contributed by atoms with Crippen molar-refractivity contribution in [2.75, 3.05) is 18.4 Å². The van der Waals surface area contributed by atoms with Gasteiger partial charge in [-0.25, -0.2) is 15.0 Å². The maximum atomic E-state index is 10.4. The lowest BCUT2D eigenvalue weighted by molar-refractivity contribution is -0.236. The second-order valence-corrected chi connectivity index (χ2v) is 9.38. The molecule has 1 aliphatic rings. The zero-order valence-corrected chi connectivity index (χ0v) is 19.3. The lowest BCUT2D eigenvalue weighted by Gasteiger charge is -2.34. The van der Waals surface area contributed by atoms with Crippen LogP contribution < -0.4 is 5.32 Å². The largest absolute Gasteiger partial charge is 0.356 e. The van der Waals surface area contributed by atoms with Crippen molar-refractivity contribution in [2.24, 2.45) is 7.05 Å². The third-order valence-electron chi connectivity index (χ3n) is 5.77. The first kappa shape index (κ1) is 21.6. The fraction of sp³-hybridized carbons (Fsp3) is 0.375. The van der Waals surface area contributed by atoms with E-state index < -0.39 is 12.0 Å². The Morgan fingerprint density at radius 3 is 2.79 bits per heavy atom. The summed E-state index contributed by atoms with van der Waals surface area (Å²) in [6.07, 6.45) is 5.38. The summed E-state index contributed by atoms with van der Waals surface area (Å²) in [5.74, 6) is 0.746. The minimum Gasteiger partial charge on any atom is -0.356 e. The van der Waals surface area contributed by atoms with Crippen LogP contribution in [0.5, 0.6) is 0 Å². The van der Waals surface area contributed by atoms with Crippen molar-refractivity contribution in [1.29, 1.82) is 0 Å². The molecule has 0 spiro atoms. The van der Waals surface area contributed by atoms with Gasteiger partial charge >= 0.3 is 0 Å². The molecule has 3 N–H and O–H groups in total. The standard InChI is InChI=1S/C24H29N7O2/c1-24(2,3)33-23(32)31-9-7-15(8-10-31)19-12-17-21(25-13-26-22(17)29-19)28-16-5-6-18-20(11-16)30(4)14-27-18/h5-7,11-14,23,32H,8-10H2,1-4H3,(H2,25,26,28,29). The third-order valence-corrected chi connectivity index (χ3v) is 5.77. The van der Waals surface area contributed by atoms with Crippen molar-refractivity contribution in [1.82, 2.24) is 29.4 Å². The Morgan fingerprint density at radius 1 is 1.18 bits per heavy atom. The predicted molar refractivity (Wildman–Crippen MR) is 129 cm³/mol. The van der Waals surface area contributed by atoms with Crippen LogP contribution in [0, 0.1) is 0 Å². The highest BCUT2D eigenvalue weighted by atomic mass is 16.6. The van der Waals surface area contributed by atoms with Crippen molar-refractivity contribution < 1.29 is 9.84 Å². The average Bonchev–Trinajstić information content (AvgIpc) is 3.37. The van der Waals surface area contributed by atoms with Crippen molar-refractivity contribution in [2.45, 2.75) is 39.2 Å². The summed E-state index contributed by atoms with van der Waals surface area (Å²) in [6.45, 7) is 7.14. The Bertz CT molecular complexity index is 1330. The maximum absolute atomic E-state index is 10.4. The number of anilines is 2. The van der Waals surface area contributed by atoms with E-state index in [-0.39, 0.29) is 0 Å². The average molecular weight is 448 g/mol. The number of rotatable bonds is 5. The van der Waals surface area contributed by atoms with Crippen LogP contribution in [-0.2, 0) is 11.8 Å². The number of aliphatic hydroxyl groups is 1. The van der Waals surface area contributed by atoms with Gasteiger partial charge in [0.2, 0.25) is 6.41 Å². The molecule has 1 aliphatic heterocycles. The van der Waals surface area contributed by atoms with Gasteiger partial charge in [0.05, 0.1) is 28.3 Å². The number of aryl methyl sites for hydroxylation is 1. The van der Waals surface area contributed by atoms with Crippen LogP contribution >= 0.6 is 0 Å². The molecule has 1 unspecified atom stereocenters. The Balaban J connectivity index is 1.37. The predicted octanol–water partition coefficient (Wildman–Crippen LogP) is 3.77. The molecule has 33 heavy (non-hydrogen) atoms. The van der Waals surface area contributed by atoms with Gasteiger partial charge in [0.15, 0.2) is 0 Å². The molecule has 0 saturated heterocycles. The molecule has 0 aliphatic carbocycles. The molecule has 5 rings (SSSR count). The van der Waals surface area contributed by atoms with E-state index >= 15 is 0 Å². The second-order valence-electron chi connectivity index (χ2n) is 9.38. The maximum Gasteiger partial charge on any atom is 0.216 e. The van der Waals surface area contributed by atoms with Crippen LogP contribution in [0.25, 0.3) is 27.6 Å². The van der Waals surface area contributed by atoms with Gasteiger partial charge < -0.3 is 24.7 Å². The number of imidazole rings is 1. The van der Waals surface area contributed by atoms with Gasteiger partial charge in [0.1, 0.15) is 17.8 Å². The minimum absolute atomic E-state index is 0.399. The first-order valence-corrected chi connectivity index (χ1v) is 11.1. The first-order valence-electron chi connectivity index (χ1n) is 11.1. The molecule has 3 aromatic heterocycles. The van der Waals surface area contributed by atoms with E-state index in [4.69, 9.17) is 4.74 Å². The molecule has 1 atom stereocenters. The summed E-state index contributed by atoms with van der Waals surface area (Å²) in [4.78, 5) is 18.6. The van der Waals surface area contributed by atoms with Gasteiger partial charge in [-0.3, -0.25) is 4.90 Å². The van der Waals surface area contributed by atoms with Crippen LogP contribution in [-0.4, -0.2) is 59.6 Å². The van der Waals surface area contributed by atoms with E-state index in [0.29, 0.717) is 13.1 Å². The fourth-order valence-corrected chi connectivity index (χ4v) is 4.07. The molecule has 9 heteroatoms. The van der Waals surface area contributed by atoms with Crippen molar-refractivity contribution in [3.05, 3.63) is 48.7 Å². The molecule has 1 aromatic carbocycles. The Morgan fingerprint density at radius 2 is 2.03 bits per heavy atom. The highest BCUT2D eigenvalue weighted by Gasteiger charge is 2.25. The number of aromatic amines is 1. The van der Waals surface area contributed by atoms with Gasteiger partial charge in [0, 0.05) is 31.5 Å². The number of aliphatic hydroxyl groups excluding tert-OH is 1. The molecule has 9 nitrogen and oxygen atoms in total. The Labute approximate surface area is 192 Å². The zero-order valence-electron chi connectivity index (χ0n) is 19.3. The normalized spacial score (nSPS) is 16.3. The number of nitrogens with zero attached hydrogens (tertiary/aromatic N) is 5. The molecule has 0 fully saturated rings. The third kappa shape index (κ3) is 4.47. The summed E-state index contributed by atoms with van der Waals surface area (Å²) < 4.78 is 7.67. The van der Waals surface area contributed by atoms with Gasteiger partial charge in [-0.05, 0) is 57.0 Å². The van der Waals surface area contributed by atoms with E-state index in [9.17, 15) is 5.11 Å². The molecule has 0 saturated carbocycles. The van der Waals surface area contributed by atoms with E-state index in [1.54, 1.807) is 6.33 Å². The summed E-state index contributed by atoms with van der Waals surface area (Å²) in [7, 11) is 1.98. The zero-order chi connectivity index (χ0) is 23.2. The summed E-state index contributed by atoms with van der Waals surface area (Å²) in [5, 5.41) is 14.7. The van der Waals surface area contributed by atoms with Crippen LogP contribution in [0.4, 0.5) is 11.5 Å². The number of nitrogens with one attached hydrogen (secondary N) is 2. The highest BCUT2D eigenvalue weighted by Crippen LogP contribution is 2.30. The van der Waals surface area contributed by atoms with Crippen LogP contribution in [0.15, 0.2) is 43.0 Å². The summed E-state index contributed by atoms with van der Waals surface area (Å²) in [5.41, 5.74) is 5.53. The monoisotopic (exact) mass is 447 g/mol. The van der Waals surface area contributed by atoms with E-state index in [2.05, 4.69) is 43.5 Å². The van der Waals surface area contributed by atoms with Crippen LogP contribution in [0.2, 0.25) is 0 Å². The van der Waals surface area contributed by atoms with Crippen molar-refractivity contribution >= 4 is 39.1 Å². The number of H-pyrrole nitrogens is 1. The summed E-state index contributed by atoms with van der Waals surface area (Å²) >= 11 is 0. The van der Waals surface area contributed by atoms with Crippen LogP contribution in [0.3, 0.4) is 0 Å². The lowest BCUT2D eigenvalue weighted by atomic mass is 10.1. The molecule has 0 amide bonds. The number of aromatic nitrogens is 5. The van der Waals surface area contributed by atoms with Gasteiger partial charge in [0.25, 0.3) is 0 Å². The van der Waals surface area contributed by atoms with Gasteiger partial charge in [-0.1, -0.05) is 6.08 Å². The Kier molecular flexibility index (Phi) is 5.40. The molecule has 0 bridgehead atoms. The first-order chi connectivity index (χ1) is 15.8.